The monoisotopic (exact) mass is 290 g/mol. The first-order chi connectivity index (χ1) is 9.97. The van der Waals surface area contributed by atoms with Crippen LogP contribution in [0.4, 0.5) is 0 Å². The van der Waals surface area contributed by atoms with Crippen LogP contribution in [-0.4, -0.2) is 51.9 Å². The quantitative estimate of drug-likeness (QED) is 0.830. The van der Waals surface area contributed by atoms with Gasteiger partial charge in [0.25, 0.3) is 0 Å². The Kier molecular flexibility index (Phi) is 4.93. The minimum absolute atomic E-state index is 0.184. The van der Waals surface area contributed by atoms with Gasteiger partial charge in [-0.2, -0.15) is 0 Å². The molecule has 0 aromatic carbocycles. The number of nitrogens with zero attached hydrogens (tertiary/aromatic N) is 4. The molecule has 21 heavy (non-hydrogen) atoms. The highest BCUT2D eigenvalue weighted by Crippen LogP contribution is 2.31. The number of aromatic nitrogens is 2. The highest BCUT2D eigenvalue weighted by Gasteiger charge is 2.43. The maximum atomic E-state index is 12.5. The summed E-state index contributed by atoms with van der Waals surface area (Å²) < 4.78 is 0. The lowest BCUT2D eigenvalue weighted by atomic mass is 9.97. The number of carbonyl (C=O) groups is 1. The molecule has 1 amide bonds. The van der Waals surface area contributed by atoms with Crippen LogP contribution in [0.2, 0.25) is 0 Å². The summed E-state index contributed by atoms with van der Waals surface area (Å²) in [5, 5.41) is 0. The molecule has 1 aromatic heterocycles. The summed E-state index contributed by atoms with van der Waals surface area (Å²) in [7, 11) is 3.65. The molecule has 2 rings (SSSR count). The Balaban J connectivity index is 2.09. The van der Waals surface area contributed by atoms with E-state index in [9.17, 15) is 4.79 Å². The van der Waals surface area contributed by atoms with Gasteiger partial charge in [-0.25, -0.2) is 9.97 Å². The van der Waals surface area contributed by atoms with Gasteiger partial charge in [0.15, 0.2) is 0 Å². The van der Waals surface area contributed by atoms with Gasteiger partial charge in [0.05, 0.1) is 5.54 Å². The molecule has 0 saturated carbocycles. The van der Waals surface area contributed by atoms with E-state index in [2.05, 4.69) is 28.7 Å². The molecule has 1 fully saturated rings. The van der Waals surface area contributed by atoms with Gasteiger partial charge in [-0.3, -0.25) is 9.69 Å². The molecule has 0 spiro atoms. The van der Waals surface area contributed by atoms with Gasteiger partial charge in [0.2, 0.25) is 5.91 Å². The molecule has 5 heteroatoms. The average Bonchev–Trinajstić information content (AvgIpc) is 2.83. The summed E-state index contributed by atoms with van der Waals surface area (Å²) in [5.74, 6) is 1.08. The van der Waals surface area contributed by atoms with Crippen LogP contribution in [-0.2, 0) is 17.8 Å². The smallest absolute Gasteiger partial charge is 0.242 e. The summed E-state index contributed by atoms with van der Waals surface area (Å²) in [6.45, 7) is 5.86. The summed E-state index contributed by atoms with van der Waals surface area (Å²) >= 11 is 0. The Morgan fingerprint density at radius 2 is 2.05 bits per heavy atom. The molecule has 2 heterocycles. The fraction of sp³-hybridized carbons (Fsp3) is 0.688. The van der Waals surface area contributed by atoms with E-state index in [1.807, 2.05) is 26.5 Å². The van der Waals surface area contributed by atoms with Crippen molar-refractivity contribution in [1.82, 2.24) is 19.8 Å². The van der Waals surface area contributed by atoms with Crippen LogP contribution in [0, 0.1) is 0 Å². The molecule has 1 saturated heterocycles. The number of amides is 1. The van der Waals surface area contributed by atoms with Gasteiger partial charge < -0.3 is 4.90 Å². The number of hydrogen-bond acceptors (Lipinski definition) is 4. The third-order valence-corrected chi connectivity index (χ3v) is 4.26. The molecule has 1 aromatic rings. The summed E-state index contributed by atoms with van der Waals surface area (Å²) in [6.07, 6.45) is 7.75. The van der Waals surface area contributed by atoms with Crippen LogP contribution < -0.4 is 0 Å². The minimum atomic E-state index is -0.397. The van der Waals surface area contributed by atoms with Crippen molar-refractivity contribution in [3.63, 3.8) is 0 Å². The highest BCUT2D eigenvalue weighted by molar-refractivity contribution is 5.85. The van der Waals surface area contributed by atoms with E-state index in [-0.39, 0.29) is 5.91 Å². The highest BCUT2D eigenvalue weighted by atomic mass is 16.2. The SMILES string of the molecule is CCCc1ncc(CN2CCC[C@@]2(C)C(=O)N(C)C)cn1. The van der Waals surface area contributed by atoms with E-state index in [0.29, 0.717) is 0 Å². The van der Waals surface area contributed by atoms with Crippen LogP contribution in [0.1, 0.15) is 44.5 Å². The Morgan fingerprint density at radius 1 is 1.38 bits per heavy atom. The van der Waals surface area contributed by atoms with Crippen molar-refractivity contribution in [2.24, 2.45) is 0 Å². The molecular weight excluding hydrogens is 264 g/mol. The van der Waals surface area contributed by atoms with E-state index in [4.69, 9.17) is 0 Å². The van der Waals surface area contributed by atoms with Gasteiger partial charge in [0, 0.05) is 45.0 Å². The zero-order valence-electron chi connectivity index (χ0n) is 13.6. The number of carbonyl (C=O) groups excluding carboxylic acids is 1. The van der Waals surface area contributed by atoms with Crippen LogP contribution in [0.3, 0.4) is 0 Å². The number of aryl methyl sites for hydroxylation is 1. The first-order valence-corrected chi connectivity index (χ1v) is 7.74. The van der Waals surface area contributed by atoms with Crippen molar-refractivity contribution in [1.29, 1.82) is 0 Å². The van der Waals surface area contributed by atoms with E-state index in [1.165, 1.54) is 0 Å². The largest absolute Gasteiger partial charge is 0.347 e. The van der Waals surface area contributed by atoms with Crippen LogP contribution >= 0.6 is 0 Å². The zero-order valence-corrected chi connectivity index (χ0v) is 13.6. The predicted octanol–water partition coefficient (Wildman–Crippen LogP) is 1.87. The zero-order chi connectivity index (χ0) is 15.5. The second-order valence-corrected chi connectivity index (χ2v) is 6.26. The fourth-order valence-corrected chi connectivity index (χ4v) is 3.03. The van der Waals surface area contributed by atoms with Crippen molar-refractivity contribution >= 4 is 5.91 Å². The molecular formula is C16H26N4O. The minimum Gasteiger partial charge on any atom is -0.347 e. The third kappa shape index (κ3) is 3.40. The van der Waals surface area contributed by atoms with Crippen molar-refractivity contribution in [3.05, 3.63) is 23.8 Å². The van der Waals surface area contributed by atoms with Gasteiger partial charge in [-0.1, -0.05) is 6.92 Å². The predicted molar refractivity (Wildman–Crippen MR) is 82.8 cm³/mol. The fourth-order valence-electron chi connectivity index (χ4n) is 3.03. The molecule has 0 radical (unpaired) electrons. The van der Waals surface area contributed by atoms with Gasteiger partial charge in [-0.05, 0) is 32.7 Å². The second kappa shape index (κ2) is 6.52. The van der Waals surface area contributed by atoms with Crippen molar-refractivity contribution in [3.8, 4) is 0 Å². The number of rotatable bonds is 5. The van der Waals surface area contributed by atoms with Crippen LogP contribution in [0.5, 0.6) is 0 Å². The molecule has 0 bridgehead atoms. The lowest BCUT2D eigenvalue weighted by Gasteiger charge is -2.35. The Morgan fingerprint density at radius 3 is 2.62 bits per heavy atom. The summed E-state index contributed by atoms with van der Waals surface area (Å²) in [4.78, 5) is 25.2. The van der Waals surface area contributed by atoms with Gasteiger partial charge in [-0.15, -0.1) is 0 Å². The maximum absolute atomic E-state index is 12.5. The van der Waals surface area contributed by atoms with E-state index in [1.54, 1.807) is 4.90 Å². The van der Waals surface area contributed by atoms with Crippen molar-refractivity contribution < 1.29 is 4.79 Å². The van der Waals surface area contributed by atoms with Crippen LogP contribution in [0.15, 0.2) is 12.4 Å². The Bertz CT molecular complexity index is 486. The lowest BCUT2D eigenvalue weighted by molar-refractivity contribution is -0.139. The van der Waals surface area contributed by atoms with E-state index >= 15 is 0 Å². The van der Waals surface area contributed by atoms with Gasteiger partial charge in [0.1, 0.15) is 5.82 Å². The molecule has 116 valence electrons. The lowest BCUT2D eigenvalue weighted by Crippen LogP contribution is -2.52. The number of likely N-dealkylation sites (tertiary alicyclic amines) is 1. The molecule has 1 aliphatic heterocycles. The van der Waals surface area contributed by atoms with E-state index < -0.39 is 5.54 Å². The molecule has 5 nitrogen and oxygen atoms in total. The first-order valence-electron chi connectivity index (χ1n) is 7.74. The van der Waals surface area contributed by atoms with Crippen LogP contribution in [0.25, 0.3) is 0 Å². The van der Waals surface area contributed by atoms with Crippen molar-refractivity contribution in [2.45, 2.75) is 51.6 Å². The first kappa shape index (κ1) is 15.9. The molecule has 1 aliphatic rings. The number of hydrogen-bond donors (Lipinski definition) is 0. The number of likely N-dealkylation sites (N-methyl/N-ethyl adjacent to an activating group) is 1. The second-order valence-electron chi connectivity index (χ2n) is 6.26. The van der Waals surface area contributed by atoms with Crippen molar-refractivity contribution in [2.75, 3.05) is 20.6 Å². The van der Waals surface area contributed by atoms with Gasteiger partial charge >= 0.3 is 0 Å². The Labute approximate surface area is 127 Å². The summed E-state index contributed by atoms with van der Waals surface area (Å²) in [6, 6.07) is 0. The molecule has 1 atom stereocenters. The molecule has 0 aliphatic carbocycles. The average molecular weight is 290 g/mol. The maximum Gasteiger partial charge on any atom is 0.242 e. The normalized spacial score (nSPS) is 22.5. The Hall–Kier alpha value is -1.49. The summed E-state index contributed by atoms with van der Waals surface area (Å²) in [5.41, 5.74) is 0.681. The molecule has 0 N–H and O–H groups in total. The van der Waals surface area contributed by atoms with E-state index in [0.717, 1.165) is 50.2 Å². The third-order valence-electron chi connectivity index (χ3n) is 4.26. The molecule has 0 unspecified atom stereocenters. The topological polar surface area (TPSA) is 49.3 Å². The standard InChI is InChI=1S/C16H26N4O/c1-5-7-14-17-10-13(11-18-14)12-20-9-6-8-16(20,2)15(21)19(3)4/h10-11H,5-9,12H2,1-4H3/t16-/m0/s1.